The van der Waals surface area contributed by atoms with E-state index in [-0.39, 0.29) is 11.2 Å². The van der Waals surface area contributed by atoms with E-state index in [1.54, 1.807) is 27.7 Å². The average molecular weight is 324 g/mol. The third-order valence-electron chi connectivity index (χ3n) is 3.28. The molecule has 0 bridgehead atoms. The van der Waals surface area contributed by atoms with E-state index in [1.165, 1.54) is 24.3 Å². The van der Waals surface area contributed by atoms with Gasteiger partial charge in [0.05, 0.1) is 25.0 Å². The molecule has 8 heteroatoms. The number of carbonyl (C=O) groups excluding carboxylic acids is 1. The lowest BCUT2D eigenvalue weighted by molar-refractivity contribution is 0.0182. The third kappa shape index (κ3) is 5.11. The van der Waals surface area contributed by atoms with Crippen LogP contribution in [0, 0.1) is 0 Å². The Bertz CT molecular complexity index is 545. The number of hydrogen-bond donors (Lipinski definition) is 2. The zero-order valence-corrected chi connectivity index (χ0v) is 14.5. The molecule has 1 atom stereocenters. The topological polar surface area (TPSA) is 92.1 Å². The van der Waals surface area contributed by atoms with Gasteiger partial charge in [-0.2, -0.15) is 0 Å². The highest BCUT2D eigenvalue weighted by atomic mass is 16.6. The zero-order valence-electron chi connectivity index (χ0n) is 14.5. The van der Waals surface area contributed by atoms with Crippen LogP contribution in [0.5, 0.6) is 5.75 Å². The van der Waals surface area contributed by atoms with Crippen molar-refractivity contribution in [1.29, 1.82) is 0 Å². The van der Waals surface area contributed by atoms with E-state index in [0.29, 0.717) is 12.2 Å². The third-order valence-corrected chi connectivity index (χ3v) is 3.28. The first kappa shape index (κ1) is 19.3. The summed E-state index contributed by atoms with van der Waals surface area (Å²) in [6.07, 6.45) is 0.958. The maximum atomic E-state index is 12.3. The predicted octanol–water partition coefficient (Wildman–Crippen LogP) is 1.09. The molecule has 0 aromatic carbocycles. The number of aromatic nitrogens is 1. The smallest absolute Gasteiger partial charge is 0.492 e. The summed E-state index contributed by atoms with van der Waals surface area (Å²) in [7, 11) is -0.263. The number of hydrogen-bond acceptors (Lipinski definition) is 6. The Balaban J connectivity index is 3.08. The number of nitrogens with zero attached hydrogens (tertiary/aromatic N) is 2. The first-order valence-corrected chi connectivity index (χ1v) is 7.50. The van der Waals surface area contributed by atoms with Crippen LogP contribution >= 0.6 is 0 Å². The van der Waals surface area contributed by atoms with Gasteiger partial charge in [0, 0.05) is 12.0 Å². The highest BCUT2D eigenvalue weighted by Gasteiger charge is 2.28. The molecular weight excluding hydrogens is 299 g/mol. The number of methoxy groups -OCH3 is 1. The van der Waals surface area contributed by atoms with E-state index in [4.69, 9.17) is 9.47 Å². The molecule has 23 heavy (non-hydrogen) atoms. The fraction of sp³-hybridized carbons (Fsp3) is 0.600. The Morgan fingerprint density at radius 2 is 2.04 bits per heavy atom. The van der Waals surface area contributed by atoms with Crippen LogP contribution in [-0.4, -0.2) is 52.4 Å². The van der Waals surface area contributed by atoms with Crippen molar-refractivity contribution >= 4 is 18.7 Å². The first-order valence-electron chi connectivity index (χ1n) is 7.50. The Kier molecular flexibility index (Phi) is 6.41. The van der Waals surface area contributed by atoms with Crippen LogP contribution in [0.15, 0.2) is 12.3 Å². The molecule has 0 aliphatic rings. The lowest BCUT2D eigenvalue weighted by atomic mass is 9.79. The number of ether oxygens (including phenoxy) is 2. The SMILES string of the molecule is CCN(C(=O)OC(C)(C)C)[C@H](C)c1cc(B(O)O)c(OC)cn1. The van der Waals surface area contributed by atoms with Crippen LogP contribution in [-0.2, 0) is 4.74 Å². The fourth-order valence-electron chi connectivity index (χ4n) is 2.12. The molecule has 0 fully saturated rings. The van der Waals surface area contributed by atoms with Crippen molar-refractivity contribution in [3.05, 3.63) is 18.0 Å². The molecule has 2 N–H and O–H groups in total. The molecular formula is C15H25BN2O5. The summed E-state index contributed by atoms with van der Waals surface area (Å²) in [6, 6.07) is 1.12. The van der Waals surface area contributed by atoms with E-state index in [2.05, 4.69) is 4.98 Å². The van der Waals surface area contributed by atoms with E-state index in [9.17, 15) is 14.8 Å². The van der Waals surface area contributed by atoms with E-state index in [1.807, 2.05) is 6.92 Å². The summed E-state index contributed by atoms with van der Waals surface area (Å²) in [6.45, 7) is 9.47. The molecule has 0 aliphatic carbocycles. The minimum Gasteiger partial charge on any atom is -0.496 e. The highest BCUT2D eigenvalue weighted by molar-refractivity contribution is 6.59. The van der Waals surface area contributed by atoms with Gasteiger partial charge in [0.1, 0.15) is 11.4 Å². The summed E-state index contributed by atoms with van der Waals surface area (Å²) >= 11 is 0. The van der Waals surface area contributed by atoms with Crippen molar-refractivity contribution in [1.82, 2.24) is 9.88 Å². The Morgan fingerprint density at radius 1 is 1.43 bits per heavy atom. The molecule has 0 saturated heterocycles. The van der Waals surface area contributed by atoms with Crippen molar-refractivity contribution < 1.29 is 24.3 Å². The summed E-state index contributed by atoms with van der Waals surface area (Å²) in [5, 5.41) is 18.9. The molecule has 7 nitrogen and oxygen atoms in total. The van der Waals surface area contributed by atoms with Crippen molar-refractivity contribution in [2.75, 3.05) is 13.7 Å². The van der Waals surface area contributed by atoms with Gasteiger partial charge in [-0.15, -0.1) is 0 Å². The highest BCUT2D eigenvalue weighted by Crippen LogP contribution is 2.22. The normalized spacial score (nSPS) is 12.5. The molecule has 0 saturated carbocycles. The van der Waals surface area contributed by atoms with Crippen molar-refractivity contribution in [3.63, 3.8) is 0 Å². The fourth-order valence-corrected chi connectivity index (χ4v) is 2.12. The second kappa shape index (κ2) is 7.65. The van der Waals surface area contributed by atoms with Crippen LogP contribution in [0.25, 0.3) is 0 Å². The molecule has 0 spiro atoms. The zero-order chi connectivity index (χ0) is 17.8. The van der Waals surface area contributed by atoms with Crippen molar-refractivity contribution in [2.24, 2.45) is 0 Å². The summed E-state index contributed by atoms with van der Waals surface area (Å²) in [5.41, 5.74) is 0.121. The van der Waals surface area contributed by atoms with Gasteiger partial charge in [-0.05, 0) is 40.7 Å². The Hall–Kier alpha value is -1.80. The van der Waals surface area contributed by atoms with Crippen LogP contribution in [0.4, 0.5) is 4.79 Å². The van der Waals surface area contributed by atoms with Crippen LogP contribution in [0.1, 0.15) is 46.4 Å². The summed E-state index contributed by atoms with van der Waals surface area (Å²) in [5.74, 6) is 0.274. The Morgan fingerprint density at radius 3 is 2.48 bits per heavy atom. The van der Waals surface area contributed by atoms with Crippen molar-refractivity contribution in [3.8, 4) is 5.75 Å². The molecule has 1 aromatic rings. The van der Waals surface area contributed by atoms with Gasteiger partial charge in [0.2, 0.25) is 0 Å². The molecule has 1 heterocycles. The van der Waals surface area contributed by atoms with Crippen LogP contribution < -0.4 is 10.2 Å². The van der Waals surface area contributed by atoms with Gasteiger partial charge < -0.3 is 24.4 Å². The maximum Gasteiger partial charge on any atom is 0.492 e. The van der Waals surface area contributed by atoms with E-state index >= 15 is 0 Å². The first-order chi connectivity index (χ1) is 10.6. The monoisotopic (exact) mass is 324 g/mol. The molecule has 0 radical (unpaired) electrons. The van der Waals surface area contributed by atoms with E-state index in [0.717, 1.165) is 0 Å². The van der Waals surface area contributed by atoms with Gasteiger partial charge in [0.25, 0.3) is 0 Å². The molecule has 128 valence electrons. The second-order valence-corrected chi connectivity index (χ2v) is 6.17. The average Bonchev–Trinajstić information content (AvgIpc) is 2.45. The van der Waals surface area contributed by atoms with Gasteiger partial charge >= 0.3 is 13.2 Å². The number of carbonyl (C=O) groups is 1. The standard InChI is InChI=1S/C15H25BN2O5/c1-7-18(14(19)23-15(3,4)5)10(2)12-8-11(16(20)21)13(22-6)9-17-12/h8-10,20-21H,7H2,1-6H3/t10-/m1/s1. The van der Waals surface area contributed by atoms with Gasteiger partial charge in [-0.3, -0.25) is 4.98 Å². The largest absolute Gasteiger partial charge is 0.496 e. The lowest BCUT2D eigenvalue weighted by Crippen LogP contribution is -2.39. The number of pyridine rings is 1. The number of rotatable bonds is 5. The minimum absolute atomic E-state index is 0.199. The van der Waals surface area contributed by atoms with Gasteiger partial charge in [-0.25, -0.2) is 4.79 Å². The number of amides is 1. The van der Waals surface area contributed by atoms with Crippen molar-refractivity contribution in [2.45, 2.75) is 46.3 Å². The Labute approximate surface area is 137 Å². The maximum absolute atomic E-state index is 12.3. The van der Waals surface area contributed by atoms with Gasteiger partial charge in [0.15, 0.2) is 0 Å². The van der Waals surface area contributed by atoms with Gasteiger partial charge in [-0.1, -0.05) is 0 Å². The quantitative estimate of drug-likeness (QED) is 0.788. The summed E-state index contributed by atoms with van der Waals surface area (Å²) in [4.78, 5) is 18.1. The van der Waals surface area contributed by atoms with E-state index < -0.39 is 24.9 Å². The predicted molar refractivity (Wildman–Crippen MR) is 87.6 cm³/mol. The minimum atomic E-state index is -1.68. The molecule has 1 aromatic heterocycles. The molecule has 0 unspecified atom stereocenters. The molecule has 1 rings (SSSR count). The van der Waals surface area contributed by atoms with Crippen LogP contribution in [0.2, 0.25) is 0 Å². The molecule has 0 aliphatic heterocycles. The summed E-state index contributed by atoms with van der Waals surface area (Å²) < 4.78 is 10.4. The molecule has 1 amide bonds. The lowest BCUT2D eigenvalue weighted by Gasteiger charge is -2.30. The second-order valence-electron chi connectivity index (χ2n) is 6.17. The van der Waals surface area contributed by atoms with Crippen LogP contribution in [0.3, 0.4) is 0 Å².